The van der Waals surface area contributed by atoms with Gasteiger partial charge in [0.05, 0.1) is 6.61 Å². The molecule has 0 radical (unpaired) electrons. The van der Waals surface area contributed by atoms with Crippen LogP contribution in [-0.4, -0.2) is 77.7 Å². The molecule has 1 aliphatic rings. The zero-order valence-electron chi connectivity index (χ0n) is 23.9. The molecule has 5 atom stereocenters. The van der Waals surface area contributed by atoms with Crippen LogP contribution in [0, 0.1) is 0 Å². The van der Waals surface area contributed by atoms with E-state index in [1.165, 1.54) is 0 Å². The van der Waals surface area contributed by atoms with Crippen LogP contribution in [0.15, 0.2) is 0 Å². The van der Waals surface area contributed by atoms with Gasteiger partial charge in [-0.05, 0) is 76.6 Å². The van der Waals surface area contributed by atoms with Crippen molar-refractivity contribution >= 4 is 33.3 Å². The largest absolute Gasteiger partial charge is 0.415 e. The monoisotopic (exact) mass is 538 g/mol. The van der Waals surface area contributed by atoms with Crippen molar-refractivity contribution in [3.63, 3.8) is 0 Å². The summed E-state index contributed by atoms with van der Waals surface area (Å²) >= 11 is 0. The fourth-order valence-corrected chi connectivity index (χ4v) is 7.70. The highest BCUT2D eigenvalue weighted by molar-refractivity contribution is 6.72. The summed E-state index contributed by atoms with van der Waals surface area (Å²) in [4.78, 5) is 0. The molecule has 6 nitrogen and oxygen atoms in total. The molecule has 1 rings (SSSR count). The van der Waals surface area contributed by atoms with E-state index in [9.17, 15) is 0 Å². The zero-order chi connectivity index (χ0) is 25.7. The van der Waals surface area contributed by atoms with Gasteiger partial charge < -0.3 is 27.2 Å². The quantitative estimate of drug-likeness (QED) is 0.238. The second kappa shape index (κ2) is 12.7. The molecule has 0 saturated carbocycles. The Labute approximate surface area is 208 Å². The van der Waals surface area contributed by atoms with E-state index in [1.54, 1.807) is 7.11 Å². The number of methoxy groups -OCH3 is 1. The van der Waals surface area contributed by atoms with E-state index >= 15 is 0 Å². The molecule has 1 aliphatic heterocycles. The zero-order valence-corrected chi connectivity index (χ0v) is 27.9. The lowest BCUT2D eigenvalue weighted by molar-refractivity contribution is -0.283. The SMILES string of the molecule is CC[Si](C)(C)OC[C@H]1O[C@H](OC)[C@H](O[Si](C)(C)CC)[C@@H](O[Si](C)(C)CC)[C@@H]1O[Si](C)(C)CC. The molecular formula is C23H54O6Si4. The molecule has 1 saturated heterocycles. The fourth-order valence-electron chi connectivity index (χ4n) is 3.37. The van der Waals surface area contributed by atoms with E-state index in [2.05, 4.69) is 80.1 Å². The molecule has 0 spiro atoms. The van der Waals surface area contributed by atoms with E-state index in [0.29, 0.717) is 6.61 Å². The van der Waals surface area contributed by atoms with Crippen molar-refractivity contribution in [1.29, 1.82) is 0 Å². The Balaban J connectivity index is 3.47. The van der Waals surface area contributed by atoms with Gasteiger partial charge >= 0.3 is 0 Å². The summed E-state index contributed by atoms with van der Waals surface area (Å²) in [7, 11) is -5.81. The van der Waals surface area contributed by atoms with Crippen LogP contribution >= 0.6 is 0 Å². The summed E-state index contributed by atoms with van der Waals surface area (Å²) in [6, 6.07) is 4.14. The second-order valence-electron chi connectivity index (χ2n) is 11.8. The molecule has 0 aromatic rings. The van der Waals surface area contributed by atoms with Crippen molar-refractivity contribution < 1.29 is 27.2 Å². The molecule has 0 N–H and O–H groups in total. The van der Waals surface area contributed by atoms with Crippen LogP contribution in [0.1, 0.15) is 27.7 Å². The molecule has 198 valence electrons. The predicted octanol–water partition coefficient (Wildman–Crippen LogP) is 6.43. The smallest absolute Gasteiger partial charge is 0.187 e. The number of hydrogen-bond donors (Lipinski definition) is 0. The third-order valence-corrected chi connectivity index (χ3v) is 17.7. The van der Waals surface area contributed by atoms with Gasteiger partial charge in [-0.25, -0.2) is 0 Å². The van der Waals surface area contributed by atoms with Gasteiger partial charge in [-0.2, -0.15) is 0 Å². The van der Waals surface area contributed by atoms with Crippen LogP contribution in [0.25, 0.3) is 0 Å². The van der Waals surface area contributed by atoms with Crippen molar-refractivity contribution in [2.45, 2.75) is 135 Å². The summed E-state index contributed by atoms with van der Waals surface area (Å²) in [5, 5.41) is 0. The Kier molecular flexibility index (Phi) is 12.2. The van der Waals surface area contributed by atoms with Crippen LogP contribution in [0.4, 0.5) is 0 Å². The number of ether oxygens (including phenoxy) is 2. The third kappa shape index (κ3) is 9.89. The molecule has 0 aromatic carbocycles. The van der Waals surface area contributed by atoms with Gasteiger partial charge in [-0.3, -0.25) is 0 Å². The molecule has 0 aromatic heterocycles. The van der Waals surface area contributed by atoms with Gasteiger partial charge in [0.15, 0.2) is 39.6 Å². The number of rotatable bonds is 14. The van der Waals surface area contributed by atoms with Crippen molar-refractivity contribution in [3.05, 3.63) is 0 Å². The Morgan fingerprint density at radius 1 is 0.576 bits per heavy atom. The van der Waals surface area contributed by atoms with E-state index < -0.39 is 39.6 Å². The first kappa shape index (κ1) is 31.7. The van der Waals surface area contributed by atoms with Crippen molar-refractivity contribution in [3.8, 4) is 0 Å². The van der Waals surface area contributed by atoms with Crippen LogP contribution in [0.2, 0.25) is 76.6 Å². The van der Waals surface area contributed by atoms with Gasteiger partial charge in [0, 0.05) is 7.11 Å². The van der Waals surface area contributed by atoms with Gasteiger partial charge in [-0.15, -0.1) is 0 Å². The maximum Gasteiger partial charge on any atom is 0.187 e. The first-order valence-electron chi connectivity index (χ1n) is 12.9. The van der Waals surface area contributed by atoms with Crippen molar-refractivity contribution in [1.82, 2.24) is 0 Å². The Hall–Kier alpha value is 0.628. The molecule has 0 unspecified atom stereocenters. The molecule has 33 heavy (non-hydrogen) atoms. The highest BCUT2D eigenvalue weighted by Crippen LogP contribution is 2.35. The standard InChI is InChI=1S/C23H54O6Si4/c1-14-30(6,7)25-18-19-20(27-31(8,9)15-2)21(28-32(10,11)16-3)22(23(24-5)26-19)29-33(12,13)17-4/h19-23H,14-18H2,1-13H3/t19-,20-,21+,22-,23+/m1/s1. The van der Waals surface area contributed by atoms with E-state index in [0.717, 1.165) is 24.2 Å². The number of hydrogen-bond acceptors (Lipinski definition) is 6. The average molecular weight is 539 g/mol. The van der Waals surface area contributed by atoms with Crippen molar-refractivity contribution in [2.75, 3.05) is 13.7 Å². The summed E-state index contributed by atoms with van der Waals surface area (Å²) in [6.45, 7) is 27.5. The molecular weight excluding hydrogens is 485 g/mol. The average Bonchev–Trinajstić information content (AvgIpc) is 2.75. The molecule has 10 heteroatoms. The summed E-state index contributed by atoms with van der Waals surface area (Å²) in [6.07, 6.45) is -1.52. The van der Waals surface area contributed by atoms with Crippen LogP contribution in [-0.2, 0) is 27.2 Å². The molecule has 1 heterocycles. The Morgan fingerprint density at radius 2 is 0.970 bits per heavy atom. The first-order valence-corrected chi connectivity index (χ1v) is 25.4. The third-order valence-electron chi connectivity index (χ3n) is 7.23. The van der Waals surface area contributed by atoms with E-state index in [1.807, 2.05) is 0 Å². The van der Waals surface area contributed by atoms with Gasteiger partial charge in [0.25, 0.3) is 0 Å². The van der Waals surface area contributed by atoms with Crippen molar-refractivity contribution in [2.24, 2.45) is 0 Å². The minimum absolute atomic E-state index is 0.232. The first-order chi connectivity index (χ1) is 15.1. The minimum Gasteiger partial charge on any atom is -0.415 e. The van der Waals surface area contributed by atoms with E-state index in [4.69, 9.17) is 27.2 Å². The topological polar surface area (TPSA) is 55.4 Å². The Morgan fingerprint density at radius 3 is 1.36 bits per heavy atom. The maximum absolute atomic E-state index is 6.98. The summed E-state index contributed by atoms with van der Waals surface area (Å²) in [5.41, 5.74) is 0. The lowest BCUT2D eigenvalue weighted by Gasteiger charge is -2.51. The van der Waals surface area contributed by atoms with Gasteiger partial charge in [0.1, 0.15) is 24.4 Å². The molecule has 0 aliphatic carbocycles. The Bertz CT molecular complexity index is 587. The highest BCUT2D eigenvalue weighted by atomic mass is 28.4. The van der Waals surface area contributed by atoms with Gasteiger partial charge in [-0.1, -0.05) is 27.7 Å². The fraction of sp³-hybridized carbons (Fsp3) is 1.00. The predicted molar refractivity (Wildman–Crippen MR) is 148 cm³/mol. The normalized spacial score (nSPS) is 27.7. The second-order valence-corrected chi connectivity index (χ2v) is 29.7. The summed E-state index contributed by atoms with van der Waals surface area (Å²) in [5.74, 6) is 0. The van der Waals surface area contributed by atoms with Gasteiger partial charge in [0.2, 0.25) is 0 Å². The minimum atomic E-state index is -1.93. The molecule has 0 amide bonds. The van der Waals surface area contributed by atoms with Crippen LogP contribution < -0.4 is 0 Å². The van der Waals surface area contributed by atoms with Crippen LogP contribution in [0.5, 0.6) is 0 Å². The highest BCUT2D eigenvalue weighted by Gasteiger charge is 2.52. The lowest BCUT2D eigenvalue weighted by Crippen LogP contribution is -2.66. The van der Waals surface area contributed by atoms with Crippen LogP contribution in [0.3, 0.4) is 0 Å². The summed E-state index contributed by atoms with van der Waals surface area (Å²) < 4.78 is 39.7. The molecule has 1 fully saturated rings. The molecule has 0 bridgehead atoms. The maximum atomic E-state index is 6.98. The lowest BCUT2D eigenvalue weighted by atomic mass is 9.99. The van der Waals surface area contributed by atoms with E-state index in [-0.39, 0.29) is 24.4 Å².